The maximum atomic E-state index is 8.88. The van der Waals surface area contributed by atoms with E-state index >= 15 is 0 Å². The lowest BCUT2D eigenvalue weighted by molar-refractivity contribution is 0.174. The van der Waals surface area contributed by atoms with E-state index in [4.69, 9.17) is 9.84 Å². The average molecular weight is 201 g/mol. The molecule has 1 aliphatic heterocycles. The Hall–Kier alpha value is -0.120. The third-order valence-electron chi connectivity index (χ3n) is 3.14. The molecule has 3 unspecified atom stereocenters. The molecule has 0 radical (unpaired) electrons. The third kappa shape index (κ3) is 3.56. The number of hydrogen-bond donors (Lipinski definition) is 2. The van der Waals surface area contributed by atoms with Gasteiger partial charge in [-0.15, -0.1) is 0 Å². The summed E-state index contributed by atoms with van der Waals surface area (Å²) in [5.41, 5.74) is 0. The van der Waals surface area contributed by atoms with E-state index in [9.17, 15) is 0 Å². The first-order valence-corrected chi connectivity index (χ1v) is 5.72. The Morgan fingerprint density at radius 2 is 2.36 bits per heavy atom. The Bertz CT molecular complexity index is 146. The summed E-state index contributed by atoms with van der Waals surface area (Å²) < 4.78 is 5.36. The maximum absolute atomic E-state index is 8.88. The quantitative estimate of drug-likeness (QED) is 0.677. The summed E-state index contributed by atoms with van der Waals surface area (Å²) in [5, 5.41) is 12.5. The van der Waals surface area contributed by atoms with Crippen molar-refractivity contribution in [3.63, 3.8) is 0 Å². The molecule has 3 atom stereocenters. The van der Waals surface area contributed by atoms with Crippen molar-refractivity contribution >= 4 is 0 Å². The lowest BCUT2D eigenvalue weighted by Crippen LogP contribution is -2.41. The van der Waals surface area contributed by atoms with Crippen LogP contribution >= 0.6 is 0 Å². The van der Waals surface area contributed by atoms with Gasteiger partial charge in [-0.3, -0.25) is 0 Å². The molecule has 1 aliphatic rings. The lowest BCUT2D eigenvalue weighted by atomic mass is 9.99. The molecule has 0 saturated carbocycles. The molecule has 2 N–H and O–H groups in total. The third-order valence-corrected chi connectivity index (χ3v) is 3.14. The SMILES string of the molecule is CCC(CCO)NC(C)C1CCOC1. The smallest absolute Gasteiger partial charge is 0.0509 e. The fourth-order valence-electron chi connectivity index (χ4n) is 2.02. The maximum Gasteiger partial charge on any atom is 0.0509 e. The van der Waals surface area contributed by atoms with Crippen molar-refractivity contribution in [1.29, 1.82) is 0 Å². The number of aliphatic hydroxyl groups excluding tert-OH is 1. The average Bonchev–Trinajstić information content (AvgIpc) is 2.69. The molecule has 84 valence electrons. The zero-order valence-corrected chi connectivity index (χ0v) is 9.33. The van der Waals surface area contributed by atoms with Crippen molar-refractivity contribution in [1.82, 2.24) is 5.32 Å². The Morgan fingerprint density at radius 3 is 2.86 bits per heavy atom. The van der Waals surface area contributed by atoms with Crippen LogP contribution in [0.2, 0.25) is 0 Å². The molecule has 0 aliphatic carbocycles. The topological polar surface area (TPSA) is 41.5 Å². The molecule has 1 fully saturated rings. The van der Waals surface area contributed by atoms with Gasteiger partial charge in [0.2, 0.25) is 0 Å². The van der Waals surface area contributed by atoms with Crippen molar-refractivity contribution in [2.45, 2.75) is 45.2 Å². The van der Waals surface area contributed by atoms with Crippen molar-refractivity contribution in [2.24, 2.45) is 5.92 Å². The molecule has 1 heterocycles. The van der Waals surface area contributed by atoms with Crippen LogP contribution in [0, 0.1) is 5.92 Å². The highest BCUT2D eigenvalue weighted by Gasteiger charge is 2.23. The summed E-state index contributed by atoms with van der Waals surface area (Å²) in [7, 11) is 0. The molecule has 0 spiro atoms. The van der Waals surface area contributed by atoms with Crippen LogP contribution in [-0.4, -0.2) is 37.0 Å². The highest BCUT2D eigenvalue weighted by molar-refractivity contribution is 4.79. The van der Waals surface area contributed by atoms with Crippen LogP contribution in [-0.2, 0) is 4.74 Å². The second-order valence-electron chi connectivity index (χ2n) is 4.20. The first kappa shape index (κ1) is 12.0. The minimum absolute atomic E-state index is 0.277. The van der Waals surface area contributed by atoms with E-state index in [2.05, 4.69) is 19.2 Å². The monoisotopic (exact) mass is 201 g/mol. The molecular formula is C11H23NO2. The first-order valence-electron chi connectivity index (χ1n) is 5.72. The summed E-state index contributed by atoms with van der Waals surface area (Å²) in [6.07, 6.45) is 3.11. The first-order chi connectivity index (χ1) is 6.77. The molecule has 3 nitrogen and oxygen atoms in total. The van der Waals surface area contributed by atoms with E-state index in [1.807, 2.05) is 0 Å². The number of rotatable bonds is 6. The zero-order chi connectivity index (χ0) is 10.4. The van der Waals surface area contributed by atoms with Gasteiger partial charge in [0, 0.05) is 25.3 Å². The predicted octanol–water partition coefficient (Wildman–Crippen LogP) is 1.16. The van der Waals surface area contributed by atoms with E-state index < -0.39 is 0 Å². The van der Waals surface area contributed by atoms with Crippen LogP contribution in [0.5, 0.6) is 0 Å². The highest BCUT2D eigenvalue weighted by Crippen LogP contribution is 2.17. The summed E-state index contributed by atoms with van der Waals surface area (Å²) >= 11 is 0. The van der Waals surface area contributed by atoms with Gasteiger partial charge in [-0.2, -0.15) is 0 Å². The molecule has 1 rings (SSSR count). The Labute approximate surface area is 86.8 Å². The fraction of sp³-hybridized carbons (Fsp3) is 1.00. The van der Waals surface area contributed by atoms with Crippen LogP contribution in [0.1, 0.15) is 33.1 Å². The molecule has 0 aromatic rings. The van der Waals surface area contributed by atoms with Gasteiger partial charge < -0.3 is 15.2 Å². The largest absolute Gasteiger partial charge is 0.396 e. The van der Waals surface area contributed by atoms with E-state index in [1.165, 1.54) is 6.42 Å². The highest BCUT2D eigenvalue weighted by atomic mass is 16.5. The van der Waals surface area contributed by atoms with E-state index in [1.54, 1.807) is 0 Å². The Kier molecular flexibility index (Phi) is 5.45. The molecule has 3 heteroatoms. The summed E-state index contributed by atoms with van der Waals surface area (Å²) in [6, 6.07) is 0.963. The second-order valence-corrected chi connectivity index (χ2v) is 4.20. The molecule has 0 aromatic heterocycles. The summed E-state index contributed by atoms with van der Waals surface area (Å²) in [4.78, 5) is 0. The van der Waals surface area contributed by atoms with E-state index in [0.717, 1.165) is 26.1 Å². The van der Waals surface area contributed by atoms with Crippen LogP contribution < -0.4 is 5.32 Å². The molecule has 0 bridgehead atoms. The van der Waals surface area contributed by atoms with Gasteiger partial charge in [0.05, 0.1) is 6.61 Å². The van der Waals surface area contributed by atoms with Crippen molar-refractivity contribution in [3.8, 4) is 0 Å². The van der Waals surface area contributed by atoms with Gasteiger partial charge in [0.25, 0.3) is 0 Å². The van der Waals surface area contributed by atoms with Gasteiger partial charge in [0.1, 0.15) is 0 Å². The standard InChI is InChI=1S/C11H23NO2/c1-3-11(4-6-13)12-9(2)10-5-7-14-8-10/h9-13H,3-8H2,1-2H3. The number of hydrogen-bond acceptors (Lipinski definition) is 3. The molecule has 0 aromatic carbocycles. The van der Waals surface area contributed by atoms with Gasteiger partial charge in [-0.05, 0) is 32.1 Å². The number of nitrogens with one attached hydrogen (secondary N) is 1. The molecule has 0 amide bonds. The predicted molar refractivity (Wildman–Crippen MR) is 57.3 cm³/mol. The number of ether oxygens (including phenoxy) is 1. The fourth-order valence-corrected chi connectivity index (χ4v) is 2.02. The minimum Gasteiger partial charge on any atom is -0.396 e. The normalized spacial score (nSPS) is 26.4. The Morgan fingerprint density at radius 1 is 1.57 bits per heavy atom. The van der Waals surface area contributed by atoms with Crippen LogP contribution in [0.15, 0.2) is 0 Å². The molecule has 1 saturated heterocycles. The van der Waals surface area contributed by atoms with E-state index in [-0.39, 0.29) is 6.61 Å². The molecular weight excluding hydrogens is 178 g/mol. The zero-order valence-electron chi connectivity index (χ0n) is 9.33. The Balaban J connectivity index is 2.25. The van der Waals surface area contributed by atoms with E-state index in [0.29, 0.717) is 18.0 Å². The van der Waals surface area contributed by atoms with Gasteiger partial charge >= 0.3 is 0 Å². The van der Waals surface area contributed by atoms with Crippen LogP contribution in [0.25, 0.3) is 0 Å². The van der Waals surface area contributed by atoms with Crippen LogP contribution in [0.3, 0.4) is 0 Å². The second kappa shape index (κ2) is 6.38. The summed E-state index contributed by atoms with van der Waals surface area (Å²) in [6.45, 7) is 6.46. The molecule has 14 heavy (non-hydrogen) atoms. The number of aliphatic hydroxyl groups is 1. The van der Waals surface area contributed by atoms with Gasteiger partial charge in [-0.25, -0.2) is 0 Å². The van der Waals surface area contributed by atoms with Crippen LogP contribution in [0.4, 0.5) is 0 Å². The van der Waals surface area contributed by atoms with Gasteiger partial charge in [-0.1, -0.05) is 6.92 Å². The lowest BCUT2D eigenvalue weighted by Gasteiger charge is -2.25. The van der Waals surface area contributed by atoms with Crippen molar-refractivity contribution in [2.75, 3.05) is 19.8 Å². The minimum atomic E-state index is 0.277. The van der Waals surface area contributed by atoms with Crippen molar-refractivity contribution in [3.05, 3.63) is 0 Å². The van der Waals surface area contributed by atoms with Crippen molar-refractivity contribution < 1.29 is 9.84 Å². The van der Waals surface area contributed by atoms with Gasteiger partial charge in [0.15, 0.2) is 0 Å². The summed E-state index contributed by atoms with van der Waals surface area (Å²) in [5.74, 6) is 0.655.